The lowest BCUT2D eigenvalue weighted by Gasteiger charge is -2.18. The number of hydrogen-bond donors (Lipinski definition) is 0. The van der Waals surface area contributed by atoms with E-state index >= 15 is 0 Å². The molecule has 0 atom stereocenters. The van der Waals surface area contributed by atoms with E-state index in [9.17, 15) is 4.39 Å². The summed E-state index contributed by atoms with van der Waals surface area (Å²) >= 11 is 0. The quantitative estimate of drug-likeness (QED) is 0.231. The maximum Gasteiger partial charge on any atom is 0.216 e. The van der Waals surface area contributed by atoms with Gasteiger partial charge in [0.15, 0.2) is 0 Å². The summed E-state index contributed by atoms with van der Waals surface area (Å²) in [5.41, 5.74) is 7.47. The van der Waals surface area contributed by atoms with Crippen molar-refractivity contribution in [3.63, 3.8) is 0 Å². The number of para-hydroxylation sites is 1. The van der Waals surface area contributed by atoms with E-state index in [-0.39, 0.29) is 5.82 Å². The van der Waals surface area contributed by atoms with E-state index in [1.165, 1.54) is 11.1 Å². The largest absolute Gasteiger partial charge is 0.455 e. The van der Waals surface area contributed by atoms with E-state index < -0.39 is 8.07 Å². The molecule has 0 saturated heterocycles. The minimum atomic E-state index is -1.81. The molecular weight excluding hydrogens is 401 g/mol. The molecule has 3 aromatic carbocycles. The molecule has 0 aliphatic carbocycles. The van der Waals surface area contributed by atoms with Gasteiger partial charge in [-0.05, 0) is 54.4 Å². The number of pyridine rings is 1. The van der Waals surface area contributed by atoms with Crippen molar-refractivity contribution in [3.8, 4) is 11.3 Å². The maximum absolute atomic E-state index is 14.8. The molecule has 156 valence electrons. The highest BCUT2D eigenvalue weighted by Gasteiger charge is 2.27. The first-order valence-corrected chi connectivity index (χ1v) is 14.2. The lowest BCUT2D eigenvalue weighted by molar-refractivity contribution is -0.633. The fourth-order valence-electron chi connectivity index (χ4n) is 4.63. The van der Waals surface area contributed by atoms with Crippen molar-refractivity contribution in [2.24, 2.45) is 7.05 Å². The minimum absolute atomic E-state index is 0.0918. The summed E-state index contributed by atoms with van der Waals surface area (Å²) in [6, 6.07) is 18.3. The highest BCUT2D eigenvalue weighted by atomic mass is 28.3. The zero-order chi connectivity index (χ0) is 22.1. The van der Waals surface area contributed by atoms with Crippen LogP contribution in [0.2, 0.25) is 19.6 Å². The van der Waals surface area contributed by atoms with Crippen LogP contribution < -0.4 is 9.75 Å². The molecule has 5 aromatic rings. The number of aromatic nitrogens is 1. The summed E-state index contributed by atoms with van der Waals surface area (Å²) in [5.74, 6) is -0.0918. The summed E-state index contributed by atoms with van der Waals surface area (Å²) in [5, 5.41) is 4.04. The molecule has 0 bridgehead atoms. The van der Waals surface area contributed by atoms with Gasteiger partial charge in [0, 0.05) is 28.3 Å². The van der Waals surface area contributed by atoms with Crippen LogP contribution >= 0.6 is 0 Å². The van der Waals surface area contributed by atoms with Crippen molar-refractivity contribution in [2.75, 3.05) is 0 Å². The molecule has 0 fully saturated rings. The average molecular weight is 429 g/mol. The van der Waals surface area contributed by atoms with Crippen LogP contribution in [0.5, 0.6) is 0 Å². The molecular formula is C27H27FNOSi+. The van der Waals surface area contributed by atoms with Gasteiger partial charge in [-0.3, -0.25) is 0 Å². The highest BCUT2D eigenvalue weighted by Crippen LogP contribution is 2.38. The summed E-state index contributed by atoms with van der Waals surface area (Å²) in [4.78, 5) is 0. The van der Waals surface area contributed by atoms with Crippen LogP contribution in [0, 0.1) is 19.7 Å². The molecule has 0 radical (unpaired) electrons. The molecule has 0 unspecified atom stereocenters. The number of rotatable bonds is 2. The predicted molar refractivity (Wildman–Crippen MR) is 130 cm³/mol. The lowest BCUT2D eigenvalue weighted by atomic mass is 9.96. The molecule has 5 rings (SSSR count). The van der Waals surface area contributed by atoms with Crippen LogP contribution in [0.4, 0.5) is 4.39 Å². The van der Waals surface area contributed by atoms with E-state index in [0.29, 0.717) is 0 Å². The van der Waals surface area contributed by atoms with Crippen molar-refractivity contribution in [1.29, 1.82) is 0 Å². The summed E-state index contributed by atoms with van der Waals surface area (Å²) in [6.45, 7) is 10.9. The number of benzene rings is 3. The Labute approximate surface area is 182 Å². The Bertz CT molecular complexity index is 1510. The van der Waals surface area contributed by atoms with Crippen molar-refractivity contribution in [1.82, 2.24) is 0 Å². The fourth-order valence-corrected chi connectivity index (χ4v) is 5.99. The molecule has 0 N–H and O–H groups in total. The normalized spacial score (nSPS) is 12.4. The van der Waals surface area contributed by atoms with Gasteiger partial charge in [-0.15, -0.1) is 0 Å². The van der Waals surface area contributed by atoms with Crippen LogP contribution in [-0.4, -0.2) is 8.07 Å². The Hall–Kier alpha value is -2.98. The summed E-state index contributed by atoms with van der Waals surface area (Å²) < 4.78 is 23.4. The minimum Gasteiger partial charge on any atom is -0.455 e. The fraction of sp³-hybridized carbons (Fsp3) is 0.222. The van der Waals surface area contributed by atoms with E-state index in [2.05, 4.69) is 75.4 Å². The van der Waals surface area contributed by atoms with Gasteiger partial charge in [-0.25, -0.2) is 4.39 Å². The van der Waals surface area contributed by atoms with E-state index in [1.54, 1.807) is 6.07 Å². The third kappa shape index (κ3) is 3.00. The maximum atomic E-state index is 14.8. The second-order valence-corrected chi connectivity index (χ2v) is 14.6. The van der Waals surface area contributed by atoms with Crippen LogP contribution in [0.15, 0.2) is 59.0 Å². The average Bonchev–Trinajstić information content (AvgIpc) is 3.07. The van der Waals surface area contributed by atoms with E-state index in [4.69, 9.17) is 4.42 Å². The number of aryl methyl sites for hydroxylation is 2. The number of furan rings is 1. The third-order valence-electron chi connectivity index (χ3n) is 6.51. The van der Waals surface area contributed by atoms with Gasteiger partial charge in [0.05, 0.1) is 13.6 Å². The number of fused-ring (bicyclic) bond motifs is 4. The lowest BCUT2D eigenvalue weighted by Crippen LogP contribution is -2.42. The molecule has 2 aromatic heterocycles. The smallest absolute Gasteiger partial charge is 0.216 e. The zero-order valence-corrected chi connectivity index (χ0v) is 19.9. The van der Waals surface area contributed by atoms with Crippen LogP contribution in [0.1, 0.15) is 11.1 Å². The zero-order valence-electron chi connectivity index (χ0n) is 18.9. The molecule has 0 amide bonds. The van der Waals surface area contributed by atoms with Gasteiger partial charge in [0.1, 0.15) is 24.0 Å². The highest BCUT2D eigenvalue weighted by molar-refractivity contribution is 6.88. The Morgan fingerprint density at radius 1 is 0.903 bits per heavy atom. The molecule has 0 spiro atoms. The van der Waals surface area contributed by atoms with E-state index in [0.717, 1.165) is 49.3 Å². The first-order chi connectivity index (χ1) is 14.7. The van der Waals surface area contributed by atoms with Crippen LogP contribution in [0.3, 0.4) is 0 Å². The summed E-state index contributed by atoms with van der Waals surface area (Å²) in [7, 11) is 0.262. The molecule has 2 heterocycles. The molecule has 0 saturated carbocycles. The van der Waals surface area contributed by atoms with E-state index in [1.807, 2.05) is 18.2 Å². The van der Waals surface area contributed by atoms with Gasteiger partial charge in [-0.2, -0.15) is 4.57 Å². The first-order valence-electron chi connectivity index (χ1n) is 10.7. The van der Waals surface area contributed by atoms with Gasteiger partial charge in [-0.1, -0.05) is 37.8 Å². The molecule has 4 heteroatoms. The SMILES string of the molecule is Cc1cc2c(oc3ccccc32)c(-c2ccc3cc(F)c([Si](C)(C)C)cc3[n+]2C)c1C. The Balaban J connectivity index is 1.88. The predicted octanol–water partition coefficient (Wildman–Crippen LogP) is 6.53. The van der Waals surface area contributed by atoms with Gasteiger partial charge >= 0.3 is 0 Å². The molecule has 0 aliphatic rings. The summed E-state index contributed by atoms with van der Waals surface area (Å²) in [6.07, 6.45) is 0. The van der Waals surface area contributed by atoms with Crippen molar-refractivity contribution in [2.45, 2.75) is 33.5 Å². The van der Waals surface area contributed by atoms with Crippen molar-refractivity contribution >= 4 is 46.1 Å². The molecule has 31 heavy (non-hydrogen) atoms. The third-order valence-corrected chi connectivity index (χ3v) is 8.51. The molecule has 0 aliphatic heterocycles. The Morgan fingerprint density at radius 3 is 2.39 bits per heavy atom. The first kappa shape index (κ1) is 19.9. The molecule has 2 nitrogen and oxygen atoms in total. The Morgan fingerprint density at radius 2 is 1.65 bits per heavy atom. The van der Waals surface area contributed by atoms with Crippen molar-refractivity contribution < 1.29 is 13.4 Å². The van der Waals surface area contributed by atoms with Crippen molar-refractivity contribution in [3.05, 3.63) is 71.5 Å². The number of nitrogens with zero attached hydrogens (tertiary/aromatic N) is 1. The number of halogens is 1. The second kappa shape index (κ2) is 6.76. The second-order valence-electron chi connectivity index (χ2n) is 9.59. The monoisotopic (exact) mass is 428 g/mol. The standard InChI is InChI=1S/C27H27FNOSi/c1-16-13-20-19-9-7-8-10-24(19)30-27(20)26(17(16)2)22-12-11-18-14-21(28)25(31(4,5)6)15-23(18)29(22)3/h7-15H,1-6H3/q+1. The van der Waals surface area contributed by atoms with Gasteiger partial charge in [0.25, 0.3) is 0 Å². The van der Waals surface area contributed by atoms with Gasteiger partial charge < -0.3 is 4.42 Å². The van der Waals surface area contributed by atoms with Gasteiger partial charge in [0.2, 0.25) is 11.2 Å². The Kier molecular flexibility index (Phi) is 4.35. The topological polar surface area (TPSA) is 17.0 Å². The van der Waals surface area contributed by atoms with Crippen LogP contribution in [0.25, 0.3) is 44.1 Å². The number of hydrogen-bond acceptors (Lipinski definition) is 1. The van der Waals surface area contributed by atoms with Crippen LogP contribution in [-0.2, 0) is 7.05 Å².